The number of aromatic nitrogens is 2. The lowest BCUT2D eigenvalue weighted by Crippen LogP contribution is -2.28. The molecule has 0 amide bonds. The van der Waals surface area contributed by atoms with Gasteiger partial charge in [-0.3, -0.25) is 0 Å². The monoisotopic (exact) mass is 238 g/mol. The summed E-state index contributed by atoms with van der Waals surface area (Å²) in [5.74, 6) is 0.820. The van der Waals surface area contributed by atoms with Crippen LogP contribution in [0.5, 0.6) is 0 Å². The van der Waals surface area contributed by atoms with Gasteiger partial charge < -0.3 is 15.8 Å². The normalized spacial score (nSPS) is 12.3. The van der Waals surface area contributed by atoms with E-state index in [9.17, 15) is 4.79 Å². The largest absolute Gasteiger partial charge is 0.467 e. The SMILES string of the molecule is COC(=O)C(C)Nc1ncnc(N)c1C(C)C. The average Bonchev–Trinajstić information content (AvgIpc) is 2.27. The number of nitrogen functional groups attached to an aromatic ring is 1. The molecule has 3 N–H and O–H groups in total. The highest BCUT2D eigenvalue weighted by Gasteiger charge is 2.18. The fraction of sp³-hybridized carbons (Fsp3) is 0.545. The minimum absolute atomic E-state index is 0.170. The lowest BCUT2D eigenvalue weighted by atomic mass is 10.0. The van der Waals surface area contributed by atoms with Crippen LogP contribution in [0.1, 0.15) is 32.3 Å². The van der Waals surface area contributed by atoms with E-state index in [1.807, 2.05) is 13.8 Å². The van der Waals surface area contributed by atoms with Gasteiger partial charge in [0.2, 0.25) is 0 Å². The molecule has 0 aliphatic heterocycles. The van der Waals surface area contributed by atoms with Gasteiger partial charge >= 0.3 is 5.97 Å². The zero-order chi connectivity index (χ0) is 13.0. The number of anilines is 2. The summed E-state index contributed by atoms with van der Waals surface area (Å²) in [6.07, 6.45) is 1.37. The summed E-state index contributed by atoms with van der Waals surface area (Å²) in [6.45, 7) is 5.68. The van der Waals surface area contributed by atoms with E-state index < -0.39 is 6.04 Å². The van der Waals surface area contributed by atoms with Crippen molar-refractivity contribution in [3.63, 3.8) is 0 Å². The Kier molecular flexibility index (Phi) is 4.25. The first kappa shape index (κ1) is 13.2. The quantitative estimate of drug-likeness (QED) is 0.765. The number of methoxy groups -OCH3 is 1. The van der Waals surface area contributed by atoms with Crippen LogP contribution in [0, 0.1) is 0 Å². The molecule has 0 aromatic carbocycles. The van der Waals surface area contributed by atoms with Gasteiger partial charge in [-0.2, -0.15) is 0 Å². The molecule has 0 saturated carbocycles. The van der Waals surface area contributed by atoms with Crippen molar-refractivity contribution in [2.45, 2.75) is 32.7 Å². The van der Waals surface area contributed by atoms with Crippen molar-refractivity contribution in [1.29, 1.82) is 0 Å². The number of hydrogen-bond donors (Lipinski definition) is 2. The van der Waals surface area contributed by atoms with Gasteiger partial charge in [0.15, 0.2) is 0 Å². The molecule has 1 unspecified atom stereocenters. The molecule has 0 saturated heterocycles. The lowest BCUT2D eigenvalue weighted by molar-refractivity contribution is -0.141. The predicted octanol–water partition coefficient (Wildman–Crippen LogP) is 1.16. The molecule has 1 aromatic heterocycles. The number of esters is 1. The highest BCUT2D eigenvalue weighted by molar-refractivity contribution is 5.79. The third-order valence-electron chi connectivity index (χ3n) is 2.40. The molecule has 1 heterocycles. The zero-order valence-corrected chi connectivity index (χ0v) is 10.5. The van der Waals surface area contributed by atoms with E-state index in [4.69, 9.17) is 5.73 Å². The summed E-state index contributed by atoms with van der Waals surface area (Å²) in [6, 6.07) is -0.480. The first-order valence-corrected chi connectivity index (χ1v) is 5.42. The second kappa shape index (κ2) is 5.47. The molecule has 0 aliphatic rings. The second-order valence-corrected chi connectivity index (χ2v) is 4.07. The Morgan fingerprint density at radius 2 is 2.06 bits per heavy atom. The fourth-order valence-corrected chi connectivity index (χ4v) is 1.53. The van der Waals surface area contributed by atoms with Crippen molar-refractivity contribution in [2.24, 2.45) is 0 Å². The van der Waals surface area contributed by atoms with Gasteiger partial charge in [0, 0.05) is 5.56 Å². The minimum Gasteiger partial charge on any atom is -0.467 e. The molecule has 1 atom stereocenters. The van der Waals surface area contributed by atoms with Crippen LogP contribution in [-0.2, 0) is 9.53 Å². The van der Waals surface area contributed by atoms with Crippen LogP contribution in [0.3, 0.4) is 0 Å². The predicted molar refractivity (Wildman–Crippen MR) is 65.6 cm³/mol. The standard InChI is InChI=1S/C11H18N4O2/c1-6(2)8-9(12)13-5-14-10(8)15-7(3)11(16)17-4/h5-7H,1-4H3,(H3,12,13,14,15). The molecule has 0 aliphatic carbocycles. The third kappa shape index (κ3) is 3.05. The topological polar surface area (TPSA) is 90.1 Å². The third-order valence-corrected chi connectivity index (χ3v) is 2.40. The molecule has 17 heavy (non-hydrogen) atoms. The van der Waals surface area contributed by atoms with E-state index in [1.54, 1.807) is 6.92 Å². The summed E-state index contributed by atoms with van der Waals surface area (Å²) >= 11 is 0. The van der Waals surface area contributed by atoms with Gasteiger partial charge in [-0.15, -0.1) is 0 Å². The van der Waals surface area contributed by atoms with Crippen molar-refractivity contribution in [2.75, 3.05) is 18.2 Å². The van der Waals surface area contributed by atoms with Gasteiger partial charge in [-0.1, -0.05) is 13.8 Å². The molecule has 94 valence electrons. The number of nitrogens with two attached hydrogens (primary N) is 1. The molecule has 1 aromatic rings. The Hall–Kier alpha value is -1.85. The van der Waals surface area contributed by atoms with E-state index in [2.05, 4.69) is 20.0 Å². The van der Waals surface area contributed by atoms with E-state index >= 15 is 0 Å². The summed E-state index contributed by atoms with van der Waals surface area (Å²) < 4.78 is 4.64. The number of rotatable bonds is 4. The van der Waals surface area contributed by atoms with Gasteiger partial charge in [0.25, 0.3) is 0 Å². The number of carbonyl (C=O) groups excluding carboxylic acids is 1. The van der Waals surface area contributed by atoms with Crippen LogP contribution in [0.2, 0.25) is 0 Å². The maximum atomic E-state index is 11.3. The Bertz CT molecular complexity index is 406. The van der Waals surface area contributed by atoms with Crippen molar-refractivity contribution in [1.82, 2.24) is 9.97 Å². The highest BCUT2D eigenvalue weighted by Crippen LogP contribution is 2.26. The maximum absolute atomic E-state index is 11.3. The highest BCUT2D eigenvalue weighted by atomic mass is 16.5. The van der Waals surface area contributed by atoms with Gasteiger partial charge in [-0.05, 0) is 12.8 Å². The van der Waals surface area contributed by atoms with E-state index in [1.165, 1.54) is 13.4 Å². The molecular weight excluding hydrogens is 220 g/mol. The Morgan fingerprint density at radius 3 is 2.59 bits per heavy atom. The number of hydrogen-bond acceptors (Lipinski definition) is 6. The zero-order valence-electron chi connectivity index (χ0n) is 10.5. The van der Waals surface area contributed by atoms with Gasteiger partial charge in [0.05, 0.1) is 7.11 Å². The molecule has 1 rings (SSSR count). The van der Waals surface area contributed by atoms with Crippen molar-refractivity contribution >= 4 is 17.6 Å². The van der Waals surface area contributed by atoms with Crippen LogP contribution in [0.4, 0.5) is 11.6 Å². The summed E-state index contributed by atoms with van der Waals surface area (Å²) in [7, 11) is 1.35. The Morgan fingerprint density at radius 1 is 1.41 bits per heavy atom. The lowest BCUT2D eigenvalue weighted by Gasteiger charge is -2.17. The number of nitrogens with zero attached hydrogens (tertiary/aromatic N) is 2. The second-order valence-electron chi connectivity index (χ2n) is 4.07. The first-order valence-electron chi connectivity index (χ1n) is 5.42. The molecular formula is C11H18N4O2. The molecule has 0 bridgehead atoms. The smallest absolute Gasteiger partial charge is 0.328 e. The summed E-state index contributed by atoms with van der Waals surface area (Å²) in [4.78, 5) is 19.4. The molecule has 0 spiro atoms. The van der Waals surface area contributed by atoms with Crippen LogP contribution < -0.4 is 11.1 Å². The summed E-state index contributed by atoms with van der Waals surface area (Å²) in [5.41, 5.74) is 6.61. The van der Waals surface area contributed by atoms with Crippen LogP contribution in [-0.4, -0.2) is 29.1 Å². The number of ether oxygens (including phenoxy) is 1. The maximum Gasteiger partial charge on any atom is 0.328 e. The molecule has 6 heteroatoms. The van der Waals surface area contributed by atoms with Crippen LogP contribution >= 0.6 is 0 Å². The molecule has 0 fully saturated rings. The average molecular weight is 238 g/mol. The number of nitrogens with one attached hydrogen (secondary N) is 1. The van der Waals surface area contributed by atoms with Crippen molar-refractivity contribution in [3.05, 3.63) is 11.9 Å². The molecule has 6 nitrogen and oxygen atoms in total. The van der Waals surface area contributed by atoms with E-state index in [-0.39, 0.29) is 11.9 Å². The van der Waals surface area contributed by atoms with Crippen molar-refractivity contribution in [3.8, 4) is 0 Å². The summed E-state index contributed by atoms with van der Waals surface area (Å²) in [5, 5.41) is 2.98. The minimum atomic E-state index is -0.480. The van der Waals surface area contributed by atoms with Gasteiger partial charge in [-0.25, -0.2) is 14.8 Å². The van der Waals surface area contributed by atoms with Crippen LogP contribution in [0.15, 0.2) is 6.33 Å². The Balaban J connectivity index is 2.98. The number of carbonyl (C=O) groups is 1. The van der Waals surface area contributed by atoms with E-state index in [0.29, 0.717) is 11.6 Å². The first-order chi connectivity index (χ1) is 7.97. The van der Waals surface area contributed by atoms with E-state index in [0.717, 1.165) is 5.56 Å². The molecule has 0 radical (unpaired) electrons. The van der Waals surface area contributed by atoms with Crippen molar-refractivity contribution < 1.29 is 9.53 Å². The Labute approximate surface area is 101 Å². The van der Waals surface area contributed by atoms with Crippen LogP contribution in [0.25, 0.3) is 0 Å². The fourth-order valence-electron chi connectivity index (χ4n) is 1.53. The van der Waals surface area contributed by atoms with Gasteiger partial charge in [0.1, 0.15) is 24.0 Å².